The molecule has 2 N–H and O–H groups in total. The quantitative estimate of drug-likeness (QED) is 0.561. The van der Waals surface area contributed by atoms with Crippen molar-refractivity contribution in [2.24, 2.45) is 5.92 Å². The number of amides is 2. The van der Waals surface area contributed by atoms with E-state index >= 15 is 0 Å². The van der Waals surface area contributed by atoms with E-state index in [2.05, 4.69) is 34.3 Å². The second kappa shape index (κ2) is 12.8. The van der Waals surface area contributed by atoms with Crippen molar-refractivity contribution in [3.63, 3.8) is 0 Å². The lowest BCUT2D eigenvalue weighted by Crippen LogP contribution is -2.52. The summed E-state index contributed by atoms with van der Waals surface area (Å²) in [6.45, 7) is 13.8. The second-order valence-corrected chi connectivity index (χ2v) is 8.64. The van der Waals surface area contributed by atoms with Crippen LogP contribution in [0.3, 0.4) is 0 Å². The maximum atomic E-state index is 12.6. The Balaban J connectivity index is 1.42. The number of likely N-dealkylation sites (N-methyl/N-ethyl adjacent to an activating group) is 1. The summed E-state index contributed by atoms with van der Waals surface area (Å²) in [7, 11) is 0. The van der Waals surface area contributed by atoms with Gasteiger partial charge in [0.25, 0.3) is 0 Å². The Morgan fingerprint density at radius 1 is 1.12 bits per heavy atom. The molecule has 0 saturated carbocycles. The van der Waals surface area contributed by atoms with Crippen molar-refractivity contribution in [3.8, 4) is 5.75 Å². The van der Waals surface area contributed by atoms with E-state index in [0.29, 0.717) is 31.1 Å². The maximum absolute atomic E-state index is 12.6. The van der Waals surface area contributed by atoms with Gasteiger partial charge in [-0.3, -0.25) is 14.5 Å². The molecular weight excluding hydrogens is 406 g/mol. The van der Waals surface area contributed by atoms with Crippen LogP contribution in [-0.2, 0) is 9.59 Å². The van der Waals surface area contributed by atoms with Crippen molar-refractivity contribution in [3.05, 3.63) is 24.3 Å². The Labute approximate surface area is 192 Å². The van der Waals surface area contributed by atoms with Gasteiger partial charge in [0.05, 0.1) is 0 Å². The SMILES string of the molecule is CCN(CC)CCOc1cccc(NC(=O)C(=O)N2CCN(CC3CCNCC3)CC2)c1. The van der Waals surface area contributed by atoms with E-state index in [1.807, 2.05) is 12.1 Å². The number of benzene rings is 1. The van der Waals surface area contributed by atoms with Crippen LogP contribution in [0.1, 0.15) is 26.7 Å². The maximum Gasteiger partial charge on any atom is 0.313 e. The number of piperidine rings is 1. The first-order chi connectivity index (χ1) is 15.6. The minimum absolute atomic E-state index is 0.459. The van der Waals surface area contributed by atoms with Gasteiger partial charge in [-0.25, -0.2) is 0 Å². The van der Waals surface area contributed by atoms with E-state index in [4.69, 9.17) is 4.74 Å². The van der Waals surface area contributed by atoms with Crippen LogP contribution in [0, 0.1) is 5.92 Å². The predicted molar refractivity (Wildman–Crippen MR) is 127 cm³/mol. The molecule has 2 aliphatic heterocycles. The zero-order valence-electron chi connectivity index (χ0n) is 19.6. The van der Waals surface area contributed by atoms with Crippen LogP contribution in [-0.4, -0.2) is 98.6 Å². The topological polar surface area (TPSA) is 77.2 Å². The van der Waals surface area contributed by atoms with Gasteiger partial charge < -0.3 is 25.2 Å². The Morgan fingerprint density at radius 3 is 2.53 bits per heavy atom. The predicted octanol–water partition coefficient (Wildman–Crippen LogP) is 1.49. The van der Waals surface area contributed by atoms with Crippen LogP contribution in [0.2, 0.25) is 0 Å². The van der Waals surface area contributed by atoms with Crippen molar-refractivity contribution in [1.82, 2.24) is 20.0 Å². The number of piperazine rings is 1. The molecule has 0 aromatic heterocycles. The molecular formula is C24H39N5O3. The average Bonchev–Trinajstić information content (AvgIpc) is 2.83. The lowest BCUT2D eigenvalue weighted by atomic mass is 9.97. The smallest absolute Gasteiger partial charge is 0.313 e. The molecule has 0 atom stereocenters. The molecule has 8 nitrogen and oxygen atoms in total. The van der Waals surface area contributed by atoms with E-state index < -0.39 is 11.8 Å². The van der Waals surface area contributed by atoms with Crippen molar-refractivity contribution < 1.29 is 14.3 Å². The zero-order valence-corrected chi connectivity index (χ0v) is 19.6. The molecule has 2 amide bonds. The second-order valence-electron chi connectivity index (χ2n) is 8.64. The molecule has 3 rings (SSSR count). The van der Waals surface area contributed by atoms with Gasteiger partial charge in [-0.05, 0) is 57.1 Å². The highest BCUT2D eigenvalue weighted by Crippen LogP contribution is 2.18. The van der Waals surface area contributed by atoms with E-state index in [1.54, 1.807) is 17.0 Å². The largest absolute Gasteiger partial charge is 0.492 e. The minimum Gasteiger partial charge on any atom is -0.492 e. The molecule has 32 heavy (non-hydrogen) atoms. The summed E-state index contributed by atoms with van der Waals surface area (Å²) in [5.74, 6) is 0.383. The number of nitrogens with one attached hydrogen (secondary N) is 2. The highest BCUT2D eigenvalue weighted by molar-refractivity contribution is 6.39. The molecule has 0 bridgehead atoms. The monoisotopic (exact) mass is 445 g/mol. The van der Waals surface area contributed by atoms with Gasteiger partial charge in [0.2, 0.25) is 0 Å². The van der Waals surface area contributed by atoms with Gasteiger partial charge in [0.15, 0.2) is 0 Å². The first kappa shape index (κ1) is 24.5. The first-order valence-electron chi connectivity index (χ1n) is 12.1. The summed E-state index contributed by atoms with van der Waals surface area (Å²) in [5.41, 5.74) is 0.577. The van der Waals surface area contributed by atoms with Crippen molar-refractivity contribution in [2.75, 3.05) is 77.4 Å². The number of hydrogen-bond acceptors (Lipinski definition) is 6. The molecule has 178 valence electrons. The molecule has 2 heterocycles. The molecule has 0 unspecified atom stereocenters. The van der Waals surface area contributed by atoms with Crippen LogP contribution < -0.4 is 15.4 Å². The standard InChI is InChI=1S/C24H39N5O3/c1-3-27(4-2)16-17-32-22-7-5-6-21(18-22)26-23(30)24(31)29-14-12-28(13-15-29)19-20-8-10-25-11-9-20/h5-7,18,20,25H,3-4,8-17,19H2,1-2H3,(H,26,30). The summed E-state index contributed by atoms with van der Waals surface area (Å²) in [6, 6.07) is 7.23. The number of ether oxygens (including phenoxy) is 1. The first-order valence-corrected chi connectivity index (χ1v) is 12.1. The summed E-state index contributed by atoms with van der Waals surface area (Å²) in [6.07, 6.45) is 2.44. The fourth-order valence-electron chi connectivity index (χ4n) is 4.39. The van der Waals surface area contributed by atoms with Gasteiger partial charge >= 0.3 is 11.8 Å². The Kier molecular flexibility index (Phi) is 9.77. The van der Waals surface area contributed by atoms with Crippen LogP contribution in [0.5, 0.6) is 5.75 Å². The van der Waals surface area contributed by atoms with E-state index in [-0.39, 0.29) is 0 Å². The van der Waals surface area contributed by atoms with Crippen LogP contribution in [0.25, 0.3) is 0 Å². The van der Waals surface area contributed by atoms with E-state index in [1.165, 1.54) is 12.8 Å². The molecule has 1 aromatic rings. The van der Waals surface area contributed by atoms with Gasteiger partial charge in [-0.15, -0.1) is 0 Å². The molecule has 0 aliphatic carbocycles. The van der Waals surface area contributed by atoms with Gasteiger partial charge in [-0.1, -0.05) is 19.9 Å². The zero-order chi connectivity index (χ0) is 22.8. The minimum atomic E-state index is -0.586. The third-order valence-electron chi connectivity index (χ3n) is 6.49. The fourth-order valence-corrected chi connectivity index (χ4v) is 4.39. The molecule has 8 heteroatoms. The molecule has 1 aromatic carbocycles. The third kappa shape index (κ3) is 7.46. The van der Waals surface area contributed by atoms with Crippen LogP contribution >= 0.6 is 0 Å². The third-order valence-corrected chi connectivity index (χ3v) is 6.49. The lowest BCUT2D eigenvalue weighted by molar-refractivity contribution is -0.144. The molecule has 0 radical (unpaired) electrons. The Bertz CT molecular complexity index is 726. The Hall–Kier alpha value is -2.16. The van der Waals surface area contributed by atoms with Gasteiger partial charge in [0.1, 0.15) is 12.4 Å². The number of nitrogens with zero attached hydrogens (tertiary/aromatic N) is 3. The van der Waals surface area contributed by atoms with Crippen LogP contribution in [0.4, 0.5) is 5.69 Å². The summed E-state index contributed by atoms with van der Waals surface area (Å²) in [5, 5.41) is 6.14. The van der Waals surface area contributed by atoms with Crippen molar-refractivity contribution >= 4 is 17.5 Å². The number of anilines is 1. The summed E-state index contributed by atoms with van der Waals surface area (Å²) >= 11 is 0. The highest BCUT2D eigenvalue weighted by Gasteiger charge is 2.27. The molecule has 2 saturated heterocycles. The van der Waals surface area contributed by atoms with E-state index in [9.17, 15) is 9.59 Å². The van der Waals surface area contributed by atoms with Gasteiger partial charge in [0, 0.05) is 51.0 Å². The normalized spacial score (nSPS) is 18.0. The summed E-state index contributed by atoms with van der Waals surface area (Å²) < 4.78 is 5.82. The molecule has 2 fully saturated rings. The number of carbonyl (C=O) groups excluding carboxylic acids is 2. The Morgan fingerprint density at radius 2 is 1.84 bits per heavy atom. The van der Waals surface area contributed by atoms with E-state index in [0.717, 1.165) is 58.3 Å². The van der Waals surface area contributed by atoms with Crippen molar-refractivity contribution in [2.45, 2.75) is 26.7 Å². The average molecular weight is 446 g/mol. The van der Waals surface area contributed by atoms with Crippen molar-refractivity contribution in [1.29, 1.82) is 0 Å². The van der Waals surface area contributed by atoms with Gasteiger partial charge in [-0.2, -0.15) is 0 Å². The molecule has 2 aliphatic rings. The molecule has 0 spiro atoms. The lowest BCUT2D eigenvalue weighted by Gasteiger charge is -2.37. The number of rotatable bonds is 9. The van der Waals surface area contributed by atoms with Crippen LogP contribution in [0.15, 0.2) is 24.3 Å². The number of carbonyl (C=O) groups is 2. The fraction of sp³-hybridized carbons (Fsp3) is 0.667. The summed E-state index contributed by atoms with van der Waals surface area (Å²) in [4.78, 5) is 31.6. The number of hydrogen-bond donors (Lipinski definition) is 2. The highest BCUT2D eigenvalue weighted by atomic mass is 16.5.